The van der Waals surface area contributed by atoms with Crippen molar-refractivity contribution >= 4 is 44.4 Å². The van der Waals surface area contributed by atoms with E-state index in [-0.39, 0.29) is 0 Å². The molecule has 3 aliphatic rings. The van der Waals surface area contributed by atoms with E-state index in [2.05, 4.69) is 41.0 Å². The molecule has 0 saturated heterocycles. The van der Waals surface area contributed by atoms with E-state index in [1.165, 1.54) is 71.2 Å². The van der Waals surface area contributed by atoms with Crippen molar-refractivity contribution in [3.63, 3.8) is 0 Å². The number of fused-ring (bicyclic) bond motifs is 6. The lowest BCUT2D eigenvalue weighted by Gasteiger charge is -2.24. The molecule has 0 radical (unpaired) electrons. The molecule has 31 heavy (non-hydrogen) atoms. The predicted octanol–water partition coefficient (Wildman–Crippen LogP) is 7.48. The summed E-state index contributed by atoms with van der Waals surface area (Å²) in [6, 6.07) is 8.36. The fraction of sp³-hybridized carbons (Fsp3) is 0.370. The molecule has 0 bridgehead atoms. The Hall–Kier alpha value is -2.08. The molecule has 4 heteroatoms. The third kappa shape index (κ3) is 3.25. The van der Waals surface area contributed by atoms with E-state index in [9.17, 15) is 3.07 Å². The third-order valence-electron chi connectivity index (χ3n) is 7.26. The number of benzene rings is 2. The van der Waals surface area contributed by atoms with Crippen LogP contribution in [0.2, 0.25) is 0 Å². The Kier molecular flexibility index (Phi) is 5.13. The van der Waals surface area contributed by atoms with Crippen LogP contribution in [0.3, 0.4) is 0 Å². The van der Waals surface area contributed by atoms with Crippen LogP contribution in [-0.4, -0.2) is 9.55 Å². The maximum absolute atomic E-state index is 11.5. The summed E-state index contributed by atoms with van der Waals surface area (Å²) in [5.74, 6) is 1.74. The van der Waals surface area contributed by atoms with Crippen LogP contribution < -0.4 is 0 Å². The first-order chi connectivity index (χ1) is 15.3. The molecule has 1 saturated carbocycles. The van der Waals surface area contributed by atoms with Crippen LogP contribution in [0.5, 0.6) is 0 Å². The zero-order valence-electron chi connectivity index (χ0n) is 17.7. The largest absolute Gasteiger partial charge is 0.295 e. The minimum absolute atomic E-state index is 0.513. The van der Waals surface area contributed by atoms with Gasteiger partial charge in [0.1, 0.15) is 5.82 Å². The highest BCUT2D eigenvalue weighted by Crippen LogP contribution is 2.42. The maximum atomic E-state index is 11.5. The standard InChI is InChI=1S/C27H27IN2O/c31-28-19-14-16-20(17-15-19)30-26-24-13-7-5-11-22(24)21-10-4-6-12-23(21)25(26)29-27(30)18-8-2-1-3-9-18/h6-7,12-18H,1-5,8-11H2. The normalized spacial score (nSPS) is 18.3. The minimum Gasteiger partial charge on any atom is -0.295 e. The monoisotopic (exact) mass is 522 g/mol. The van der Waals surface area contributed by atoms with E-state index < -0.39 is 21.2 Å². The topological polar surface area (TPSA) is 34.9 Å². The molecule has 3 nitrogen and oxygen atoms in total. The van der Waals surface area contributed by atoms with Crippen LogP contribution in [0.15, 0.2) is 36.4 Å². The van der Waals surface area contributed by atoms with Crippen molar-refractivity contribution in [1.29, 1.82) is 0 Å². The molecular formula is C27H27IN2O. The molecule has 2 aromatic carbocycles. The van der Waals surface area contributed by atoms with E-state index in [1.54, 1.807) is 0 Å². The van der Waals surface area contributed by atoms with Crippen molar-refractivity contribution in [2.45, 2.75) is 63.7 Å². The summed E-state index contributed by atoms with van der Waals surface area (Å²) in [4.78, 5) is 5.40. The van der Waals surface area contributed by atoms with Crippen LogP contribution in [0.1, 0.15) is 78.9 Å². The van der Waals surface area contributed by atoms with Gasteiger partial charge in [-0.05, 0) is 73.9 Å². The zero-order chi connectivity index (χ0) is 20.8. The molecule has 3 aliphatic carbocycles. The van der Waals surface area contributed by atoms with Gasteiger partial charge < -0.3 is 0 Å². The van der Waals surface area contributed by atoms with Gasteiger partial charge in [-0.1, -0.05) is 43.6 Å². The van der Waals surface area contributed by atoms with Crippen molar-refractivity contribution in [2.75, 3.05) is 0 Å². The number of hydrogen-bond donors (Lipinski definition) is 0. The number of rotatable bonds is 3. The van der Waals surface area contributed by atoms with Gasteiger partial charge in [0.15, 0.2) is 21.2 Å². The average molecular weight is 522 g/mol. The second-order valence-electron chi connectivity index (χ2n) is 9.06. The highest BCUT2D eigenvalue weighted by atomic mass is 127. The third-order valence-corrected chi connectivity index (χ3v) is 8.49. The second-order valence-corrected chi connectivity index (χ2v) is 10.7. The van der Waals surface area contributed by atoms with E-state index in [4.69, 9.17) is 4.98 Å². The molecule has 0 N–H and O–H groups in total. The Balaban J connectivity index is 1.70. The van der Waals surface area contributed by atoms with E-state index >= 15 is 0 Å². The van der Waals surface area contributed by atoms with Crippen molar-refractivity contribution in [3.8, 4) is 5.69 Å². The van der Waals surface area contributed by atoms with Crippen LogP contribution >= 0.6 is 21.2 Å². The van der Waals surface area contributed by atoms with Gasteiger partial charge in [0.2, 0.25) is 0 Å². The number of imidazole rings is 1. The fourth-order valence-corrected chi connectivity index (χ4v) is 6.46. The Morgan fingerprint density at radius 1 is 0.871 bits per heavy atom. The Morgan fingerprint density at radius 3 is 2.26 bits per heavy atom. The molecule has 3 aromatic rings. The van der Waals surface area contributed by atoms with Crippen LogP contribution in [0, 0.1) is 3.57 Å². The lowest BCUT2D eigenvalue weighted by atomic mass is 9.84. The number of allylic oxidation sites excluding steroid dienone is 2. The SMILES string of the molecule is O=Ic1ccc(-n2c(C3CCCCC3)nc3c4c(c5c(c32)C=CCC5)CCC=C4)cc1. The molecule has 158 valence electrons. The summed E-state index contributed by atoms with van der Waals surface area (Å²) >= 11 is -1.13. The van der Waals surface area contributed by atoms with Gasteiger partial charge in [0.05, 0.1) is 11.0 Å². The Bertz CT molecular complexity index is 1230. The van der Waals surface area contributed by atoms with Gasteiger partial charge in [0, 0.05) is 26.3 Å². The van der Waals surface area contributed by atoms with Gasteiger partial charge in [-0.3, -0.25) is 7.64 Å². The minimum atomic E-state index is -1.13. The van der Waals surface area contributed by atoms with Gasteiger partial charge >= 0.3 is 0 Å². The number of hydrogen-bond acceptors (Lipinski definition) is 2. The lowest BCUT2D eigenvalue weighted by molar-refractivity contribution is 0.426. The Labute approximate surface area is 193 Å². The quantitative estimate of drug-likeness (QED) is 0.335. The van der Waals surface area contributed by atoms with Gasteiger partial charge in [0.25, 0.3) is 0 Å². The molecule has 0 unspecified atom stereocenters. The van der Waals surface area contributed by atoms with Crippen LogP contribution in [0.4, 0.5) is 0 Å². The van der Waals surface area contributed by atoms with Crippen molar-refractivity contribution in [2.24, 2.45) is 0 Å². The smallest absolute Gasteiger partial charge is 0.182 e. The van der Waals surface area contributed by atoms with Crippen molar-refractivity contribution < 1.29 is 3.07 Å². The maximum Gasteiger partial charge on any atom is 0.182 e. The highest BCUT2D eigenvalue weighted by molar-refractivity contribution is 14.1. The summed E-state index contributed by atoms with van der Waals surface area (Å²) in [6.45, 7) is 0. The molecule has 1 aromatic heterocycles. The second kappa shape index (κ2) is 8.12. The van der Waals surface area contributed by atoms with E-state index in [0.717, 1.165) is 34.9 Å². The van der Waals surface area contributed by atoms with E-state index in [0.29, 0.717) is 5.92 Å². The lowest BCUT2D eigenvalue weighted by Crippen LogP contribution is -2.12. The van der Waals surface area contributed by atoms with Crippen LogP contribution in [-0.2, 0) is 15.9 Å². The summed E-state index contributed by atoms with van der Waals surface area (Å²) in [7, 11) is 0. The Morgan fingerprint density at radius 2 is 1.55 bits per heavy atom. The first-order valence-corrected chi connectivity index (χ1v) is 13.6. The summed E-state index contributed by atoms with van der Waals surface area (Å²) in [5.41, 5.74) is 9.41. The first-order valence-electron chi connectivity index (χ1n) is 11.7. The van der Waals surface area contributed by atoms with E-state index in [1.807, 2.05) is 12.1 Å². The first kappa shape index (κ1) is 19.6. The molecule has 0 spiro atoms. The van der Waals surface area contributed by atoms with Gasteiger partial charge in [-0.2, -0.15) is 0 Å². The molecule has 6 rings (SSSR count). The van der Waals surface area contributed by atoms with Crippen molar-refractivity contribution in [1.82, 2.24) is 9.55 Å². The molecule has 0 aliphatic heterocycles. The number of aromatic nitrogens is 2. The summed E-state index contributed by atoms with van der Waals surface area (Å²) < 4.78 is 14.9. The predicted molar refractivity (Wildman–Crippen MR) is 135 cm³/mol. The van der Waals surface area contributed by atoms with Crippen LogP contribution in [0.25, 0.3) is 28.9 Å². The molecular weight excluding hydrogens is 495 g/mol. The van der Waals surface area contributed by atoms with Crippen molar-refractivity contribution in [3.05, 3.63) is 68.1 Å². The zero-order valence-corrected chi connectivity index (χ0v) is 19.9. The highest BCUT2D eigenvalue weighted by Gasteiger charge is 2.29. The fourth-order valence-electron chi connectivity index (χ4n) is 5.81. The summed E-state index contributed by atoms with van der Waals surface area (Å²) in [6.07, 6.45) is 20.2. The van der Waals surface area contributed by atoms with Gasteiger partial charge in [-0.25, -0.2) is 4.98 Å². The number of nitrogens with zero attached hydrogens (tertiary/aromatic N) is 2. The molecule has 0 atom stereocenters. The average Bonchev–Trinajstić information content (AvgIpc) is 3.26. The molecule has 1 fully saturated rings. The molecule has 0 amide bonds. The summed E-state index contributed by atoms with van der Waals surface area (Å²) in [5, 5.41) is 0. The van der Waals surface area contributed by atoms with Gasteiger partial charge in [-0.15, -0.1) is 0 Å². The molecule has 1 heterocycles. The number of halogens is 1.